The molecule has 6 heteroatoms. The monoisotopic (exact) mass is 279 g/mol. The van der Waals surface area contributed by atoms with Crippen molar-refractivity contribution in [1.82, 2.24) is 0 Å². The summed E-state index contributed by atoms with van der Waals surface area (Å²) < 4.78 is 10.1. The molecule has 1 atom stereocenters. The second-order valence-electron chi connectivity index (χ2n) is 4.16. The minimum absolute atomic E-state index is 0.00307. The van der Waals surface area contributed by atoms with Crippen LogP contribution in [0, 0.1) is 0 Å². The maximum atomic E-state index is 11.1. The molecule has 0 saturated heterocycles. The maximum Gasteiger partial charge on any atom is 0.333 e. The molecule has 0 spiro atoms. The predicted molar refractivity (Wildman–Crippen MR) is 73.1 cm³/mol. The van der Waals surface area contributed by atoms with E-state index in [1.807, 2.05) is 0 Å². The molecule has 0 aliphatic carbocycles. The smallest absolute Gasteiger partial charge is 0.333 e. The zero-order valence-electron chi connectivity index (χ0n) is 11.2. The van der Waals surface area contributed by atoms with Gasteiger partial charge in [0.25, 0.3) is 0 Å². The Morgan fingerprint density at radius 1 is 1.40 bits per heavy atom. The van der Waals surface area contributed by atoms with Crippen LogP contribution in [0.3, 0.4) is 0 Å². The van der Waals surface area contributed by atoms with Gasteiger partial charge in [-0.3, -0.25) is 0 Å². The fourth-order valence-electron chi connectivity index (χ4n) is 1.25. The highest BCUT2D eigenvalue weighted by atomic mass is 16.5. The summed E-state index contributed by atoms with van der Waals surface area (Å²) in [5, 5.41) is 20.9. The standard InChI is InChI=1S/C14H17NO5/c1-10(2)14(17)20-9-12(16)8-19-13-5-3-11(4-6-13)7-15-18/h3-7,12,16,18H,1,8-9H2,2H3/b15-7+. The number of carbonyl (C=O) groups is 1. The molecule has 0 radical (unpaired) electrons. The summed E-state index contributed by atoms with van der Waals surface area (Å²) in [7, 11) is 0. The number of oxime groups is 1. The molecule has 2 N–H and O–H groups in total. The molecule has 1 unspecified atom stereocenters. The molecular formula is C14H17NO5. The summed E-state index contributed by atoms with van der Waals surface area (Å²) >= 11 is 0. The number of aliphatic hydroxyl groups is 1. The molecule has 0 heterocycles. The first-order chi connectivity index (χ1) is 9.52. The van der Waals surface area contributed by atoms with Gasteiger partial charge in [0.2, 0.25) is 0 Å². The Hall–Kier alpha value is -2.34. The lowest BCUT2D eigenvalue weighted by Gasteiger charge is -2.12. The van der Waals surface area contributed by atoms with Gasteiger partial charge in [-0.25, -0.2) is 4.79 Å². The molecule has 20 heavy (non-hydrogen) atoms. The number of hydrogen-bond acceptors (Lipinski definition) is 6. The van der Waals surface area contributed by atoms with E-state index < -0.39 is 12.1 Å². The predicted octanol–water partition coefficient (Wildman–Crippen LogP) is 1.35. The van der Waals surface area contributed by atoms with Crippen LogP contribution in [-0.2, 0) is 9.53 Å². The third-order valence-electron chi connectivity index (χ3n) is 2.28. The van der Waals surface area contributed by atoms with Gasteiger partial charge < -0.3 is 19.8 Å². The van der Waals surface area contributed by atoms with Crippen LogP contribution in [0.1, 0.15) is 12.5 Å². The molecule has 0 aliphatic heterocycles. The van der Waals surface area contributed by atoms with E-state index in [2.05, 4.69) is 11.7 Å². The van der Waals surface area contributed by atoms with Gasteiger partial charge in [-0.15, -0.1) is 0 Å². The summed E-state index contributed by atoms with van der Waals surface area (Å²) in [6.07, 6.45) is 0.368. The van der Waals surface area contributed by atoms with E-state index in [4.69, 9.17) is 14.7 Å². The molecule has 0 saturated carbocycles. The number of benzene rings is 1. The van der Waals surface area contributed by atoms with Crippen LogP contribution < -0.4 is 4.74 Å². The Morgan fingerprint density at radius 3 is 2.60 bits per heavy atom. The normalized spacial score (nSPS) is 12.1. The average molecular weight is 279 g/mol. The van der Waals surface area contributed by atoms with Gasteiger partial charge in [0.05, 0.1) is 6.21 Å². The molecule has 1 aromatic carbocycles. The van der Waals surface area contributed by atoms with Gasteiger partial charge in [-0.1, -0.05) is 11.7 Å². The molecular weight excluding hydrogens is 262 g/mol. The average Bonchev–Trinajstić information content (AvgIpc) is 2.44. The minimum Gasteiger partial charge on any atom is -0.491 e. The molecule has 108 valence electrons. The summed E-state index contributed by atoms with van der Waals surface area (Å²) in [6, 6.07) is 6.73. The quantitative estimate of drug-likeness (QED) is 0.259. The van der Waals surface area contributed by atoms with E-state index in [0.717, 1.165) is 5.56 Å². The molecule has 0 amide bonds. The van der Waals surface area contributed by atoms with Crippen molar-refractivity contribution >= 4 is 12.2 Å². The number of aliphatic hydroxyl groups excluding tert-OH is 1. The van der Waals surface area contributed by atoms with E-state index in [-0.39, 0.29) is 18.8 Å². The van der Waals surface area contributed by atoms with E-state index in [1.54, 1.807) is 24.3 Å². The fraction of sp³-hybridized carbons (Fsp3) is 0.286. The Morgan fingerprint density at radius 2 is 2.05 bits per heavy atom. The van der Waals surface area contributed by atoms with Gasteiger partial charge in [0, 0.05) is 5.57 Å². The molecule has 0 fully saturated rings. The van der Waals surface area contributed by atoms with Gasteiger partial charge in [-0.2, -0.15) is 0 Å². The van der Waals surface area contributed by atoms with E-state index in [1.165, 1.54) is 13.1 Å². The van der Waals surface area contributed by atoms with Crippen molar-refractivity contribution in [2.24, 2.45) is 5.16 Å². The number of carbonyl (C=O) groups excluding carboxylic acids is 1. The van der Waals surface area contributed by atoms with Gasteiger partial charge in [-0.05, 0) is 36.8 Å². The van der Waals surface area contributed by atoms with Crippen LogP contribution in [0.4, 0.5) is 0 Å². The Bertz CT molecular complexity index is 481. The van der Waals surface area contributed by atoms with Crippen molar-refractivity contribution in [3.05, 3.63) is 42.0 Å². The third kappa shape index (κ3) is 5.53. The summed E-state index contributed by atoms with van der Waals surface area (Å²) in [6.45, 7) is 4.81. The summed E-state index contributed by atoms with van der Waals surface area (Å²) in [5.41, 5.74) is 0.995. The number of ether oxygens (including phenoxy) is 2. The highest BCUT2D eigenvalue weighted by molar-refractivity contribution is 5.86. The highest BCUT2D eigenvalue weighted by Crippen LogP contribution is 2.11. The van der Waals surface area contributed by atoms with Crippen LogP contribution in [0.5, 0.6) is 5.75 Å². The molecule has 6 nitrogen and oxygen atoms in total. The zero-order valence-corrected chi connectivity index (χ0v) is 11.2. The third-order valence-corrected chi connectivity index (χ3v) is 2.28. The van der Waals surface area contributed by atoms with Gasteiger partial charge >= 0.3 is 5.97 Å². The van der Waals surface area contributed by atoms with E-state index >= 15 is 0 Å². The zero-order chi connectivity index (χ0) is 15.0. The SMILES string of the molecule is C=C(C)C(=O)OCC(O)COc1ccc(/C=N/O)cc1. The number of esters is 1. The van der Waals surface area contributed by atoms with Gasteiger partial charge in [0.15, 0.2) is 0 Å². The lowest BCUT2D eigenvalue weighted by molar-refractivity contribution is -0.142. The maximum absolute atomic E-state index is 11.1. The largest absolute Gasteiger partial charge is 0.491 e. The number of nitrogens with zero attached hydrogens (tertiary/aromatic N) is 1. The molecule has 0 bridgehead atoms. The van der Waals surface area contributed by atoms with Crippen molar-refractivity contribution in [3.8, 4) is 5.75 Å². The second-order valence-corrected chi connectivity index (χ2v) is 4.16. The van der Waals surface area contributed by atoms with Crippen molar-refractivity contribution in [3.63, 3.8) is 0 Å². The van der Waals surface area contributed by atoms with Crippen molar-refractivity contribution in [2.75, 3.05) is 13.2 Å². The van der Waals surface area contributed by atoms with Crippen LogP contribution in [0.15, 0.2) is 41.6 Å². The van der Waals surface area contributed by atoms with Crippen molar-refractivity contribution in [1.29, 1.82) is 0 Å². The van der Waals surface area contributed by atoms with Crippen LogP contribution in [-0.4, -0.2) is 41.8 Å². The first-order valence-electron chi connectivity index (χ1n) is 5.94. The molecule has 1 aromatic rings. The Labute approximate surface area is 116 Å². The first kappa shape index (κ1) is 15.7. The van der Waals surface area contributed by atoms with Crippen molar-refractivity contribution in [2.45, 2.75) is 13.0 Å². The highest BCUT2D eigenvalue weighted by Gasteiger charge is 2.10. The lowest BCUT2D eigenvalue weighted by atomic mass is 10.2. The fourth-order valence-corrected chi connectivity index (χ4v) is 1.25. The summed E-state index contributed by atoms with van der Waals surface area (Å²) in [5.74, 6) is 0.00191. The number of rotatable bonds is 7. The van der Waals surface area contributed by atoms with Crippen LogP contribution in [0.2, 0.25) is 0 Å². The van der Waals surface area contributed by atoms with Crippen LogP contribution >= 0.6 is 0 Å². The molecule has 0 aliphatic rings. The first-order valence-corrected chi connectivity index (χ1v) is 5.94. The van der Waals surface area contributed by atoms with Gasteiger partial charge in [0.1, 0.15) is 25.1 Å². The molecule has 0 aromatic heterocycles. The van der Waals surface area contributed by atoms with E-state index in [0.29, 0.717) is 5.75 Å². The Kier molecular flexibility index (Phi) is 6.25. The van der Waals surface area contributed by atoms with Crippen LogP contribution in [0.25, 0.3) is 0 Å². The summed E-state index contributed by atoms with van der Waals surface area (Å²) in [4.78, 5) is 11.1. The lowest BCUT2D eigenvalue weighted by Crippen LogP contribution is -2.25. The topological polar surface area (TPSA) is 88.4 Å². The van der Waals surface area contributed by atoms with E-state index in [9.17, 15) is 9.90 Å². The number of hydrogen-bond donors (Lipinski definition) is 2. The second kappa shape index (κ2) is 7.96. The molecule has 1 rings (SSSR count). The Balaban J connectivity index is 2.35. The minimum atomic E-state index is -0.919. The van der Waals surface area contributed by atoms with Crippen molar-refractivity contribution < 1.29 is 24.6 Å².